The Morgan fingerprint density at radius 1 is 1.28 bits per heavy atom. The number of carbonyl (C=O) groups excluding carboxylic acids is 2. The third-order valence-electron chi connectivity index (χ3n) is 3.20. The van der Waals surface area contributed by atoms with Crippen molar-refractivity contribution in [2.75, 3.05) is 0 Å². The maximum atomic E-state index is 11.8. The Hall–Kier alpha value is -1.84. The van der Waals surface area contributed by atoms with Crippen molar-refractivity contribution in [3.63, 3.8) is 0 Å². The predicted molar refractivity (Wildman–Crippen MR) is 67.0 cm³/mol. The molecule has 18 heavy (non-hydrogen) atoms. The fourth-order valence-electron chi connectivity index (χ4n) is 2.06. The Kier molecular flexibility index (Phi) is 3.65. The summed E-state index contributed by atoms with van der Waals surface area (Å²) in [6.07, 6.45) is 0.0513. The first-order valence-corrected chi connectivity index (χ1v) is 6.17. The molecule has 0 aromatic heterocycles. The molecule has 1 aliphatic heterocycles. The first-order chi connectivity index (χ1) is 8.65. The van der Waals surface area contributed by atoms with Gasteiger partial charge in [0, 0.05) is 6.42 Å². The zero-order chi connectivity index (χ0) is 13.1. The molecule has 1 aliphatic rings. The van der Waals surface area contributed by atoms with E-state index in [1.807, 2.05) is 37.3 Å². The lowest BCUT2D eigenvalue weighted by Crippen LogP contribution is -2.19. The van der Waals surface area contributed by atoms with E-state index in [0.717, 1.165) is 5.56 Å². The molecule has 1 saturated heterocycles. The van der Waals surface area contributed by atoms with Crippen molar-refractivity contribution < 1.29 is 14.3 Å². The van der Waals surface area contributed by atoms with E-state index in [0.29, 0.717) is 6.42 Å². The summed E-state index contributed by atoms with van der Waals surface area (Å²) in [6, 6.07) is 9.19. The van der Waals surface area contributed by atoms with Gasteiger partial charge in [0.25, 0.3) is 0 Å². The fraction of sp³-hybridized carbons (Fsp3) is 0.429. The van der Waals surface area contributed by atoms with Crippen molar-refractivity contribution in [2.24, 2.45) is 0 Å². The molecule has 0 saturated carbocycles. The van der Waals surface area contributed by atoms with E-state index in [1.165, 1.54) is 4.90 Å². The molecule has 0 unspecified atom stereocenters. The third kappa shape index (κ3) is 2.53. The smallest absolute Gasteiger partial charge is 0.411 e. The van der Waals surface area contributed by atoms with Gasteiger partial charge >= 0.3 is 6.09 Å². The maximum Gasteiger partial charge on any atom is 0.411 e. The van der Waals surface area contributed by atoms with E-state index < -0.39 is 6.09 Å². The van der Waals surface area contributed by atoms with E-state index in [1.54, 1.807) is 6.92 Å². The Morgan fingerprint density at radius 2 is 1.94 bits per heavy atom. The van der Waals surface area contributed by atoms with Crippen molar-refractivity contribution in [1.29, 1.82) is 0 Å². The van der Waals surface area contributed by atoms with Gasteiger partial charge in [0.15, 0.2) is 5.78 Å². The zero-order valence-corrected chi connectivity index (χ0v) is 10.6. The van der Waals surface area contributed by atoms with E-state index in [9.17, 15) is 9.59 Å². The Labute approximate surface area is 107 Å². The van der Waals surface area contributed by atoms with Gasteiger partial charge in [-0.1, -0.05) is 37.3 Å². The maximum absolute atomic E-state index is 11.8. The Morgan fingerprint density at radius 3 is 2.56 bits per heavy atom. The number of amides is 1. The Balaban J connectivity index is 1.85. The van der Waals surface area contributed by atoms with Crippen LogP contribution in [-0.2, 0) is 16.1 Å². The van der Waals surface area contributed by atoms with Crippen LogP contribution in [0.3, 0.4) is 0 Å². The standard InChI is InChI=1S/C14H17NO3/c1-3-12(16)13-10(2)15(13)14(17)18-9-11-7-5-4-6-8-11/h4-8,10,13H,3,9H2,1-2H3/t10-,13+,15?/m1/s1. The number of rotatable bonds is 4. The van der Waals surface area contributed by atoms with E-state index in [2.05, 4.69) is 0 Å². The molecule has 2 rings (SSSR count). The molecule has 0 bridgehead atoms. The van der Waals surface area contributed by atoms with Crippen LogP contribution in [0.5, 0.6) is 0 Å². The minimum absolute atomic E-state index is 0.0271. The molecule has 4 heteroatoms. The molecule has 1 aromatic carbocycles. The number of ether oxygens (including phenoxy) is 1. The van der Waals surface area contributed by atoms with Gasteiger partial charge in [-0.15, -0.1) is 0 Å². The van der Waals surface area contributed by atoms with Crippen LogP contribution in [0.2, 0.25) is 0 Å². The average molecular weight is 247 g/mol. The van der Waals surface area contributed by atoms with Crippen molar-refractivity contribution in [2.45, 2.75) is 39.0 Å². The number of ketones is 1. The van der Waals surface area contributed by atoms with Crippen LogP contribution in [0, 0.1) is 0 Å². The Bertz CT molecular complexity index is 444. The van der Waals surface area contributed by atoms with Crippen LogP contribution in [0.25, 0.3) is 0 Å². The molecular weight excluding hydrogens is 230 g/mol. The van der Waals surface area contributed by atoms with Gasteiger partial charge < -0.3 is 4.74 Å². The summed E-state index contributed by atoms with van der Waals surface area (Å²) < 4.78 is 5.18. The molecule has 96 valence electrons. The fourth-order valence-corrected chi connectivity index (χ4v) is 2.06. The van der Waals surface area contributed by atoms with Gasteiger partial charge in [0.05, 0.1) is 6.04 Å². The van der Waals surface area contributed by atoms with Gasteiger partial charge in [-0.05, 0) is 12.5 Å². The quantitative estimate of drug-likeness (QED) is 0.767. The summed E-state index contributed by atoms with van der Waals surface area (Å²) in [5.74, 6) is 0.0964. The van der Waals surface area contributed by atoms with Gasteiger partial charge in [0.1, 0.15) is 12.6 Å². The second-order valence-corrected chi connectivity index (χ2v) is 4.45. The highest BCUT2D eigenvalue weighted by Gasteiger charge is 2.52. The van der Waals surface area contributed by atoms with Gasteiger partial charge in [-0.2, -0.15) is 0 Å². The average Bonchev–Trinajstić information content (AvgIpc) is 3.08. The van der Waals surface area contributed by atoms with Crippen LogP contribution in [0.15, 0.2) is 30.3 Å². The second-order valence-electron chi connectivity index (χ2n) is 4.45. The van der Waals surface area contributed by atoms with Crippen LogP contribution >= 0.6 is 0 Å². The number of benzene rings is 1. The summed E-state index contributed by atoms with van der Waals surface area (Å²) in [4.78, 5) is 24.8. The molecule has 4 nitrogen and oxygen atoms in total. The lowest BCUT2D eigenvalue weighted by atomic mass is 10.2. The SMILES string of the molecule is CCC(=O)[C@@H]1[C@@H](C)N1C(=O)OCc1ccccc1. The summed E-state index contributed by atoms with van der Waals surface area (Å²) in [7, 11) is 0. The molecule has 1 heterocycles. The summed E-state index contributed by atoms with van der Waals surface area (Å²) >= 11 is 0. The van der Waals surface area contributed by atoms with Crippen molar-refractivity contribution >= 4 is 11.9 Å². The third-order valence-corrected chi connectivity index (χ3v) is 3.20. The predicted octanol–water partition coefficient (Wildman–Crippen LogP) is 2.38. The first kappa shape index (κ1) is 12.6. The molecule has 0 radical (unpaired) electrons. The lowest BCUT2D eigenvalue weighted by molar-refractivity contribution is -0.119. The second kappa shape index (κ2) is 5.21. The molecule has 0 spiro atoms. The van der Waals surface area contributed by atoms with Gasteiger partial charge in [-0.3, -0.25) is 9.69 Å². The number of nitrogens with zero attached hydrogens (tertiary/aromatic N) is 1. The zero-order valence-electron chi connectivity index (χ0n) is 10.6. The molecular formula is C14H17NO3. The van der Waals surface area contributed by atoms with Gasteiger partial charge in [-0.25, -0.2) is 4.79 Å². The number of hydrogen-bond donors (Lipinski definition) is 0. The molecule has 1 amide bonds. The highest BCUT2D eigenvalue weighted by molar-refractivity contribution is 5.92. The minimum Gasteiger partial charge on any atom is -0.445 e. The molecule has 1 fully saturated rings. The number of Topliss-reactive ketones (excluding diaryl/α,β-unsaturated/α-hetero) is 1. The van der Waals surface area contributed by atoms with Crippen molar-refractivity contribution in [3.05, 3.63) is 35.9 Å². The number of hydrogen-bond acceptors (Lipinski definition) is 3. The molecule has 0 aliphatic carbocycles. The largest absolute Gasteiger partial charge is 0.445 e. The van der Waals surface area contributed by atoms with Crippen LogP contribution in [0.1, 0.15) is 25.8 Å². The van der Waals surface area contributed by atoms with Crippen LogP contribution < -0.4 is 0 Å². The molecule has 0 N–H and O–H groups in total. The molecule has 1 aromatic rings. The van der Waals surface area contributed by atoms with E-state index >= 15 is 0 Å². The van der Waals surface area contributed by atoms with Crippen molar-refractivity contribution in [1.82, 2.24) is 4.90 Å². The van der Waals surface area contributed by atoms with Gasteiger partial charge in [0.2, 0.25) is 0 Å². The van der Waals surface area contributed by atoms with Crippen LogP contribution in [-0.4, -0.2) is 28.9 Å². The highest BCUT2D eigenvalue weighted by atomic mass is 16.6. The van der Waals surface area contributed by atoms with Crippen LogP contribution in [0.4, 0.5) is 4.79 Å². The highest BCUT2D eigenvalue weighted by Crippen LogP contribution is 2.30. The summed E-state index contributed by atoms with van der Waals surface area (Å²) in [5, 5.41) is 0. The minimum atomic E-state index is -0.404. The van der Waals surface area contributed by atoms with Crippen molar-refractivity contribution in [3.8, 4) is 0 Å². The summed E-state index contributed by atoms with van der Waals surface area (Å²) in [6.45, 7) is 3.92. The topological polar surface area (TPSA) is 46.4 Å². The monoisotopic (exact) mass is 247 g/mol. The lowest BCUT2D eigenvalue weighted by Gasteiger charge is -2.06. The number of carbonyl (C=O) groups is 2. The van der Waals surface area contributed by atoms with E-state index in [4.69, 9.17) is 4.74 Å². The summed E-state index contributed by atoms with van der Waals surface area (Å²) in [5.41, 5.74) is 0.943. The van der Waals surface area contributed by atoms with E-state index in [-0.39, 0.29) is 24.5 Å². The first-order valence-electron chi connectivity index (χ1n) is 6.17. The molecule has 2 atom stereocenters. The normalized spacial score (nSPS) is 21.6.